The van der Waals surface area contributed by atoms with Crippen LogP contribution < -0.4 is 11.1 Å². The molecular formula is C11H10ClFN4. The molecule has 4 nitrogen and oxygen atoms in total. The van der Waals surface area contributed by atoms with Crippen LogP contribution in [0, 0.1) is 12.7 Å². The number of hydrogen-bond acceptors (Lipinski definition) is 4. The molecule has 0 amide bonds. The zero-order valence-electron chi connectivity index (χ0n) is 9.04. The van der Waals surface area contributed by atoms with E-state index in [0.717, 1.165) is 11.8 Å². The van der Waals surface area contributed by atoms with Crippen molar-refractivity contribution in [3.8, 4) is 0 Å². The van der Waals surface area contributed by atoms with Crippen molar-refractivity contribution in [1.82, 2.24) is 9.97 Å². The number of rotatable bonds is 2. The molecule has 3 N–H and O–H groups in total. The minimum atomic E-state index is -0.587. The fourth-order valence-corrected chi connectivity index (χ4v) is 1.60. The number of aromatic nitrogens is 2. The molecule has 0 saturated heterocycles. The van der Waals surface area contributed by atoms with Crippen molar-refractivity contribution < 1.29 is 4.39 Å². The van der Waals surface area contributed by atoms with Crippen molar-refractivity contribution in [2.75, 3.05) is 11.1 Å². The molecular weight excluding hydrogens is 243 g/mol. The number of nitrogens with two attached hydrogens (primary N) is 1. The van der Waals surface area contributed by atoms with Crippen LogP contribution in [0.3, 0.4) is 0 Å². The number of nitrogens with zero attached hydrogens (tertiary/aromatic N) is 2. The predicted molar refractivity (Wildman–Crippen MR) is 65.9 cm³/mol. The summed E-state index contributed by atoms with van der Waals surface area (Å²) in [7, 11) is 0. The van der Waals surface area contributed by atoms with E-state index in [4.69, 9.17) is 17.3 Å². The summed E-state index contributed by atoms with van der Waals surface area (Å²) in [4.78, 5) is 7.29. The van der Waals surface area contributed by atoms with E-state index in [9.17, 15) is 4.39 Å². The van der Waals surface area contributed by atoms with Gasteiger partial charge in [0.1, 0.15) is 0 Å². The van der Waals surface area contributed by atoms with E-state index in [0.29, 0.717) is 10.7 Å². The summed E-state index contributed by atoms with van der Waals surface area (Å²) in [5, 5.41) is 3.26. The van der Waals surface area contributed by atoms with Crippen molar-refractivity contribution in [2.24, 2.45) is 0 Å². The molecule has 0 aliphatic heterocycles. The SMILES string of the molecule is Cc1ccc(Nc2nc(N)ncc2F)c(Cl)c1. The third-order valence-corrected chi connectivity index (χ3v) is 2.45. The van der Waals surface area contributed by atoms with Gasteiger partial charge >= 0.3 is 0 Å². The smallest absolute Gasteiger partial charge is 0.222 e. The second-order valence-corrected chi connectivity index (χ2v) is 3.94. The quantitative estimate of drug-likeness (QED) is 0.863. The average molecular weight is 253 g/mol. The van der Waals surface area contributed by atoms with E-state index in [-0.39, 0.29) is 11.8 Å². The maximum atomic E-state index is 13.4. The van der Waals surface area contributed by atoms with Gasteiger partial charge in [-0.25, -0.2) is 9.37 Å². The highest BCUT2D eigenvalue weighted by Gasteiger charge is 2.07. The van der Waals surface area contributed by atoms with Crippen LogP contribution >= 0.6 is 11.6 Å². The topological polar surface area (TPSA) is 63.8 Å². The molecule has 6 heteroatoms. The van der Waals surface area contributed by atoms with Crippen LogP contribution in [0.25, 0.3) is 0 Å². The molecule has 88 valence electrons. The van der Waals surface area contributed by atoms with Gasteiger partial charge < -0.3 is 11.1 Å². The predicted octanol–water partition coefficient (Wildman–Crippen LogP) is 2.90. The summed E-state index contributed by atoms with van der Waals surface area (Å²) in [5.74, 6) is -0.587. The second-order valence-electron chi connectivity index (χ2n) is 3.53. The fraction of sp³-hybridized carbons (Fsp3) is 0.0909. The molecule has 2 aromatic rings. The lowest BCUT2D eigenvalue weighted by molar-refractivity contribution is 0.620. The molecule has 0 radical (unpaired) electrons. The van der Waals surface area contributed by atoms with Crippen LogP contribution in [-0.4, -0.2) is 9.97 Å². The van der Waals surface area contributed by atoms with E-state index in [2.05, 4.69) is 15.3 Å². The van der Waals surface area contributed by atoms with Gasteiger partial charge in [0.25, 0.3) is 0 Å². The molecule has 0 aliphatic carbocycles. The second kappa shape index (κ2) is 4.55. The Hall–Kier alpha value is -1.88. The Bertz CT molecular complexity index is 559. The summed E-state index contributed by atoms with van der Waals surface area (Å²) < 4.78 is 13.4. The first-order chi connectivity index (χ1) is 8.06. The van der Waals surface area contributed by atoms with Gasteiger partial charge in [-0.05, 0) is 24.6 Å². The number of nitrogen functional groups attached to an aromatic ring is 1. The first-order valence-corrected chi connectivity index (χ1v) is 5.25. The molecule has 0 spiro atoms. The number of anilines is 3. The summed E-state index contributed by atoms with van der Waals surface area (Å²) in [6, 6.07) is 5.37. The maximum Gasteiger partial charge on any atom is 0.222 e. The van der Waals surface area contributed by atoms with Gasteiger partial charge in [0, 0.05) is 0 Å². The normalized spacial score (nSPS) is 10.3. The lowest BCUT2D eigenvalue weighted by atomic mass is 10.2. The molecule has 0 aliphatic rings. The van der Waals surface area contributed by atoms with Crippen LogP contribution in [0.1, 0.15) is 5.56 Å². The molecule has 1 aromatic carbocycles. The van der Waals surface area contributed by atoms with Gasteiger partial charge in [-0.2, -0.15) is 4.98 Å². The van der Waals surface area contributed by atoms with E-state index in [1.165, 1.54) is 0 Å². The molecule has 0 bridgehead atoms. The number of hydrogen-bond donors (Lipinski definition) is 2. The molecule has 17 heavy (non-hydrogen) atoms. The molecule has 0 fully saturated rings. The number of aryl methyl sites for hydroxylation is 1. The Morgan fingerprint density at radius 1 is 1.41 bits per heavy atom. The van der Waals surface area contributed by atoms with Gasteiger partial charge in [-0.1, -0.05) is 17.7 Å². The zero-order valence-corrected chi connectivity index (χ0v) is 9.79. The van der Waals surface area contributed by atoms with Gasteiger partial charge in [0.2, 0.25) is 5.95 Å². The largest absolute Gasteiger partial charge is 0.368 e. The van der Waals surface area contributed by atoms with Crippen LogP contribution in [0.4, 0.5) is 21.8 Å². The van der Waals surface area contributed by atoms with Crippen LogP contribution in [0.2, 0.25) is 5.02 Å². The molecule has 1 heterocycles. The standard InChI is InChI=1S/C11H10ClFN4/c1-6-2-3-9(7(12)4-6)16-10-8(13)5-15-11(14)17-10/h2-5H,1H3,(H3,14,15,16,17). The lowest BCUT2D eigenvalue weighted by Crippen LogP contribution is -2.02. The Morgan fingerprint density at radius 3 is 2.88 bits per heavy atom. The van der Waals surface area contributed by atoms with Gasteiger partial charge in [0.15, 0.2) is 11.6 Å². The summed E-state index contributed by atoms with van der Waals surface area (Å²) in [6.07, 6.45) is 1.01. The summed E-state index contributed by atoms with van der Waals surface area (Å²) in [5.41, 5.74) is 6.96. The first kappa shape index (κ1) is 11.6. The van der Waals surface area contributed by atoms with E-state index < -0.39 is 5.82 Å². The Labute approximate surface area is 103 Å². The van der Waals surface area contributed by atoms with Crippen LogP contribution in [0.15, 0.2) is 24.4 Å². The first-order valence-electron chi connectivity index (χ1n) is 4.87. The fourth-order valence-electron chi connectivity index (χ4n) is 1.32. The zero-order chi connectivity index (χ0) is 12.4. The Morgan fingerprint density at radius 2 is 2.18 bits per heavy atom. The van der Waals surface area contributed by atoms with Crippen molar-refractivity contribution in [3.63, 3.8) is 0 Å². The van der Waals surface area contributed by atoms with Gasteiger partial charge in [-0.3, -0.25) is 0 Å². The molecule has 0 unspecified atom stereocenters. The highest BCUT2D eigenvalue weighted by Crippen LogP contribution is 2.26. The highest BCUT2D eigenvalue weighted by molar-refractivity contribution is 6.33. The van der Waals surface area contributed by atoms with Crippen molar-refractivity contribution in [3.05, 3.63) is 40.8 Å². The average Bonchev–Trinajstić information content (AvgIpc) is 2.27. The number of benzene rings is 1. The molecule has 0 saturated carbocycles. The molecule has 1 aromatic heterocycles. The number of halogens is 2. The minimum Gasteiger partial charge on any atom is -0.368 e. The summed E-state index contributed by atoms with van der Waals surface area (Å²) in [6.45, 7) is 1.92. The minimum absolute atomic E-state index is 0.00265. The van der Waals surface area contributed by atoms with Crippen molar-refractivity contribution >= 4 is 29.1 Å². The Kier molecular flexibility index (Phi) is 3.10. The molecule has 0 atom stereocenters. The maximum absolute atomic E-state index is 13.4. The third-order valence-electron chi connectivity index (χ3n) is 2.14. The lowest BCUT2D eigenvalue weighted by Gasteiger charge is -2.09. The summed E-state index contributed by atoms with van der Waals surface area (Å²) >= 11 is 6.01. The van der Waals surface area contributed by atoms with Crippen molar-refractivity contribution in [2.45, 2.75) is 6.92 Å². The highest BCUT2D eigenvalue weighted by atomic mass is 35.5. The van der Waals surface area contributed by atoms with Gasteiger partial charge in [0.05, 0.1) is 16.9 Å². The van der Waals surface area contributed by atoms with E-state index in [1.807, 2.05) is 13.0 Å². The number of nitrogens with one attached hydrogen (secondary N) is 1. The van der Waals surface area contributed by atoms with Gasteiger partial charge in [-0.15, -0.1) is 0 Å². The Balaban J connectivity index is 2.34. The third kappa shape index (κ3) is 2.62. The van der Waals surface area contributed by atoms with Crippen LogP contribution in [-0.2, 0) is 0 Å². The van der Waals surface area contributed by atoms with E-state index >= 15 is 0 Å². The van der Waals surface area contributed by atoms with Crippen molar-refractivity contribution in [1.29, 1.82) is 0 Å². The van der Waals surface area contributed by atoms with Crippen LogP contribution in [0.5, 0.6) is 0 Å². The van der Waals surface area contributed by atoms with E-state index in [1.54, 1.807) is 12.1 Å². The molecule has 2 rings (SSSR count). The monoisotopic (exact) mass is 252 g/mol.